The number of carbonyl (C=O) groups is 1. The second kappa shape index (κ2) is 6.98. The van der Waals surface area contributed by atoms with Crippen LogP contribution in [0.1, 0.15) is 32.6 Å². The second-order valence-corrected chi connectivity index (χ2v) is 5.74. The van der Waals surface area contributed by atoms with E-state index in [0.29, 0.717) is 25.9 Å². The average Bonchev–Trinajstić information content (AvgIpc) is 2.37. The van der Waals surface area contributed by atoms with Gasteiger partial charge in [0.15, 0.2) is 0 Å². The van der Waals surface area contributed by atoms with Crippen LogP contribution in [0.25, 0.3) is 0 Å². The van der Waals surface area contributed by atoms with Gasteiger partial charge in [-0.3, -0.25) is 4.79 Å². The van der Waals surface area contributed by atoms with E-state index in [1.165, 1.54) is 0 Å². The molecule has 2 rings (SSSR count). The molecule has 7 heteroatoms. The van der Waals surface area contributed by atoms with Gasteiger partial charge in [0, 0.05) is 31.6 Å². The highest BCUT2D eigenvalue weighted by atomic mass is 35.5. The number of nitrogens with zero attached hydrogens (tertiary/aromatic N) is 1. The Balaban J connectivity index is 0.00000200. The van der Waals surface area contributed by atoms with Crippen molar-refractivity contribution in [2.24, 2.45) is 11.8 Å². The van der Waals surface area contributed by atoms with E-state index in [1.807, 2.05) is 6.92 Å². The van der Waals surface area contributed by atoms with Crippen LogP contribution in [0.4, 0.5) is 13.2 Å². The molecule has 118 valence electrons. The number of amides is 1. The van der Waals surface area contributed by atoms with Crippen molar-refractivity contribution in [2.45, 2.75) is 44.8 Å². The van der Waals surface area contributed by atoms with Crippen LogP contribution in [0.2, 0.25) is 0 Å². The van der Waals surface area contributed by atoms with Crippen molar-refractivity contribution in [3.05, 3.63) is 0 Å². The minimum absolute atomic E-state index is 0. The van der Waals surface area contributed by atoms with E-state index in [2.05, 4.69) is 5.32 Å². The maximum absolute atomic E-state index is 12.7. The predicted molar refractivity (Wildman–Crippen MR) is 72.8 cm³/mol. The SMILES string of the molecule is C[C@@H]1CN(C(=O)C2CCCC(C(F)(F)F)C2)CCN1.Cl. The monoisotopic (exact) mass is 314 g/mol. The Morgan fingerprint density at radius 1 is 1.30 bits per heavy atom. The normalized spacial score (nSPS) is 31.6. The molecule has 0 spiro atoms. The molecule has 1 saturated heterocycles. The smallest absolute Gasteiger partial charge is 0.340 e. The zero-order valence-corrected chi connectivity index (χ0v) is 12.4. The predicted octanol–water partition coefficient (Wildman–Crippen LogP) is 2.60. The minimum Gasteiger partial charge on any atom is -0.340 e. The number of hydrogen-bond donors (Lipinski definition) is 1. The lowest BCUT2D eigenvalue weighted by Crippen LogP contribution is -2.53. The van der Waals surface area contributed by atoms with Gasteiger partial charge in [0.2, 0.25) is 5.91 Å². The first-order chi connectivity index (χ1) is 8.88. The summed E-state index contributed by atoms with van der Waals surface area (Å²) in [4.78, 5) is 14.0. The molecule has 3 atom stereocenters. The summed E-state index contributed by atoms with van der Waals surface area (Å²) in [5, 5.41) is 3.23. The van der Waals surface area contributed by atoms with Crippen LogP contribution in [0.3, 0.4) is 0 Å². The molecular formula is C13H22ClF3N2O. The molecule has 1 heterocycles. The number of nitrogens with one attached hydrogen (secondary N) is 1. The van der Waals surface area contributed by atoms with E-state index in [1.54, 1.807) is 4.90 Å². The summed E-state index contributed by atoms with van der Waals surface area (Å²) in [6.45, 7) is 3.92. The zero-order chi connectivity index (χ0) is 14.0. The maximum Gasteiger partial charge on any atom is 0.391 e. The van der Waals surface area contributed by atoms with Gasteiger partial charge in [-0.25, -0.2) is 0 Å². The fourth-order valence-corrected chi connectivity index (χ4v) is 3.10. The first-order valence-corrected chi connectivity index (χ1v) is 6.97. The van der Waals surface area contributed by atoms with Crippen LogP contribution in [0.5, 0.6) is 0 Å². The first-order valence-electron chi connectivity index (χ1n) is 6.97. The van der Waals surface area contributed by atoms with Gasteiger partial charge in [-0.2, -0.15) is 13.2 Å². The maximum atomic E-state index is 12.7. The lowest BCUT2D eigenvalue weighted by Gasteiger charge is -2.37. The molecule has 0 radical (unpaired) electrons. The van der Waals surface area contributed by atoms with Gasteiger partial charge in [-0.15, -0.1) is 12.4 Å². The lowest BCUT2D eigenvalue weighted by atomic mass is 9.80. The van der Waals surface area contributed by atoms with Gasteiger partial charge in [-0.1, -0.05) is 6.42 Å². The quantitative estimate of drug-likeness (QED) is 0.807. The Morgan fingerprint density at radius 2 is 2.00 bits per heavy atom. The highest BCUT2D eigenvalue weighted by Crippen LogP contribution is 2.40. The molecular weight excluding hydrogens is 293 g/mol. The summed E-state index contributed by atoms with van der Waals surface area (Å²) in [6, 6.07) is 0.222. The largest absolute Gasteiger partial charge is 0.391 e. The Hall–Kier alpha value is -0.490. The van der Waals surface area contributed by atoms with Gasteiger partial charge in [0.1, 0.15) is 0 Å². The topological polar surface area (TPSA) is 32.3 Å². The van der Waals surface area contributed by atoms with Gasteiger partial charge in [0.05, 0.1) is 5.92 Å². The molecule has 1 saturated carbocycles. The number of piperazine rings is 1. The van der Waals surface area contributed by atoms with E-state index >= 15 is 0 Å². The average molecular weight is 315 g/mol. The summed E-state index contributed by atoms with van der Waals surface area (Å²) in [7, 11) is 0. The molecule has 0 aromatic rings. The summed E-state index contributed by atoms with van der Waals surface area (Å²) >= 11 is 0. The van der Waals surface area contributed by atoms with Crippen LogP contribution in [-0.4, -0.2) is 42.7 Å². The van der Waals surface area contributed by atoms with Crippen LogP contribution in [-0.2, 0) is 4.79 Å². The third-order valence-corrected chi connectivity index (χ3v) is 4.17. The first kappa shape index (κ1) is 17.6. The van der Waals surface area contributed by atoms with Gasteiger partial charge in [-0.05, 0) is 26.2 Å². The molecule has 1 amide bonds. The Bertz CT molecular complexity index is 338. The summed E-state index contributed by atoms with van der Waals surface area (Å²) in [6.07, 6.45) is -2.91. The molecule has 2 fully saturated rings. The second-order valence-electron chi connectivity index (χ2n) is 5.74. The van der Waals surface area contributed by atoms with Crippen molar-refractivity contribution in [2.75, 3.05) is 19.6 Å². The number of carbonyl (C=O) groups excluding carboxylic acids is 1. The standard InChI is InChI=1S/C13H21F3N2O.ClH/c1-9-8-18(6-5-17-9)12(19)10-3-2-4-11(7-10)13(14,15)16;/h9-11,17H,2-8H2,1H3;1H/t9-,10?,11?;/m1./s1. The van der Waals surface area contributed by atoms with E-state index in [0.717, 1.165) is 6.54 Å². The molecule has 20 heavy (non-hydrogen) atoms. The third-order valence-electron chi connectivity index (χ3n) is 4.17. The molecule has 2 aliphatic rings. The fraction of sp³-hybridized carbons (Fsp3) is 0.923. The molecule has 0 aromatic carbocycles. The molecule has 3 nitrogen and oxygen atoms in total. The summed E-state index contributed by atoms with van der Waals surface area (Å²) < 4.78 is 38.2. The number of alkyl halides is 3. The zero-order valence-electron chi connectivity index (χ0n) is 11.6. The van der Waals surface area contributed by atoms with E-state index in [-0.39, 0.29) is 37.2 Å². The van der Waals surface area contributed by atoms with Gasteiger partial charge in [0.25, 0.3) is 0 Å². The van der Waals surface area contributed by atoms with Crippen molar-refractivity contribution < 1.29 is 18.0 Å². The van der Waals surface area contributed by atoms with Gasteiger partial charge >= 0.3 is 6.18 Å². The highest BCUT2D eigenvalue weighted by Gasteiger charge is 2.44. The molecule has 1 N–H and O–H groups in total. The number of halogens is 4. The minimum atomic E-state index is -4.16. The fourth-order valence-electron chi connectivity index (χ4n) is 3.10. The molecule has 1 aliphatic heterocycles. The number of rotatable bonds is 1. The van der Waals surface area contributed by atoms with Crippen molar-refractivity contribution in [3.8, 4) is 0 Å². The molecule has 0 aromatic heterocycles. The number of hydrogen-bond acceptors (Lipinski definition) is 2. The third kappa shape index (κ3) is 4.25. The Labute approximate surface area is 123 Å². The van der Waals surface area contributed by atoms with Crippen molar-refractivity contribution >= 4 is 18.3 Å². The Morgan fingerprint density at radius 3 is 2.60 bits per heavy atom. The molecule has 1 aliphatic carbocycles. The van der Waals surface area contributed by atoms with Crippen molar-refractivity contribution in [1.29, 1.82) is 0 Å². The van der Waals surface area contributed by atoms with Crippen molar-refractivity contribution in [1.82, 2.24) is 10.2 Å². The molecule has 0 bridgehead atoms. The van der Waals surface area contributed by atoms with Crippen LogP contribution >= 0.6 is 12.4 Å². The summed E-state index contributed by atoms with van der Waals surface area (Å²) in [5.41, 5.74) is 0. The van der Waals surface area contributed by atoms with E-state index in [9.17, 15) is 18.0 Å². The van der Waals surface area contributed by atoms with Crippen LogP contribution in [0, 0.1) is 11.8 Å². The van der Waals surface area contributed by atoms with Gasteiger partial charge < -0.3 is 10.2 Å². The summed E-state index contributed by atoms with van der Waals surface area (Å²) in [5.74, 6) is -1.82. The Kier molecular flexibility index (Phi) is 6.13. The highest BCUT2D eigenvalue weighted by molar-refractivity contribution is 5.85. The van der Waals surface area contributed by atoms with Crippen molar-refractivity contribution in [3.63, 3.8) is 0 Å². The van der Waals surface area contributed by atoms with Crippen LogP contribution < -0.4 is 5.32 Å². The van der Waals surface area contributed by atoms with Crippen LogP contribution in [0.15, 0.2) is 0 Å². The van der Waals surface area contributed by atoms with E-state index in [4.69, 9.17) is 0 Å². The molecule has 2 unspecified atom stereocenters. The van der Waals surface area contributed by atoms with E-state index < -0.39 is 18.0 Å². The lowest BCUT2D eigenvalue weighted by molar-refractivity contribution is -0.187.